The van der Waals surface area contributed by atoms with Crippen molar-refractivity contribution < 1.29 is 9.90 Å². The monoisotopic (exact) mass is 146 g/mol. The molecule has 0 saturated heterocycles. The van der Waals surface area contributed by atoms with Crippen molar-refractivity contribution in [2.45, 2.75) is 5.25 Å². The average molecular weight is 146 g/mol. The third-order valence-corrected chi connectivity index (χ3v) is 1.96. The molecule has 0 aliphatic carbocycles. The molecule has 0 aromatic rings. The van der Waals surface area contributed by atoms with Crippen LogP contribution in [0.25, 0.3) is 0 Å². The quantitative estimate of drug-likeness (QED) is 0.523. The van der Waals surface area contributed by atoms with Gasteiger partial charge in [-0.15, -0.1) is 0 Å². The zero-order valence-corrected chi connectivity index (χ0v) is 5.39. The number of hydrogen-bond acceptors (Lipinski definition) is 4. The minimum Gasteiger partial charge on any atom is -0.480 e. The lowest BCUT2D eigenvalue weighted by Gasteiger charge is -1.96. The fourth-order valence-corrected chi connectivity index (χ4v) is 1.21. The van der Waals surface area contributed by atoms with E-state index < -0.39 is 11.2 Å². The third-order valence-electron chi connectivity index (χ3n) is 0.951. The van der Waals surface area contributed by atoms with Crippen LogP contribution in [-0.2, 0) is 4.79 Å². The van der Waals surface area contributed by atoms with Gasteiger partial charge in [0.15, 0.2) is 5.17 Å². The second-order valence-electron chi connectivity index (χ2n) is 1.62. The van der Waals surface area contributed by atoms with E-state index >= 15 is 0 Å². The second kappa shape index (κ2) is 2.26. The highest BCUT2D eigenvalue weighted by molar-refractivity contribution is 8.15. The number of carboxylic acids is 1. The predicted octanol–water partition coefficient (Wildman–Crippen LogP) is -0.499. The number of thioether (sulfide) groups is 1. The Balaban J connectivity index is 2.47. The molecule has 9 heavy (non-hydrogen) atoms. The van der Waals surface area contributed by atoms with Crippen LogP contribution >= 0.6 is 11.8 Å². The Labute approximate surface area is 56.1 Å². The van der Waals surface area contributed by atoms with Crippen LogP contribution in [0.2, 0.25) is 0 Å². The Bertz CT molecular complexity index is 168. The van der Waals surface area contributed by atoms with E-state index in [0.717, 1.165) is 11.8 Å². The first kappa shape index (κ1) is 6.41. The summed E-state index contributed by atoms with van der Waals surface area (Å²) in [5.41, 5.74) is 5.21. The summed E-state index contributed by atoms with van der Waals surface area (Å²) in [6.07, 6.45) is 0. The fraction of sp³-hybridized carbons (Fsp3) is 0.500. The molecule has 0 spiro atoms. The molecule has 0 fully saturated rings. The molecule has 50 valence electrons. The van der Waals surface area contributed by atoms with Gasteiger partial charge in [0, 0.05) is 0 Å². The Morgan fingerprint density at radius 1 is 2.00 bits per heavy atom. The summed E-state index contributed by atoms with van der Waals surface area (Å²) < 4.78 is 0. The van der Waals surface area contributed by atoms with Crippen LogP contribution in [0.3, 0.4) is 0 Å². The van der Waals surface area contributed by atoms with Crippen molar-refractivity contribution in [3.63, 3.8) is 0 Å². The molecule has 0 aromatic carbocycles. The van der Waals surface area contributed by atoms with Crippen molar-refractivity contribution in [2.75, 3.05) is 6.54 Å². The van der Waals surface area contributed by atoms with E-state index in [9.17, 15) is 4.79 Å². The van der Waals surface area contributed by atoms with Gasteiger partial charge < -0.3 is 10.8 Å². The zero-order valence-electron chi connectivity index (χ0n) is 4.57. The summed E-state index contributed by atoms with van der Waals surface area (Å²) in [6, 6.07) is 0. The number of amidine groups is 1. The molecule has 0 amide bonds. The fourth-order valence-electron chi connectivity index (χ4n) is 0.522. The van der Waals surface area contributed by atoms with E-state index in [2.05, 4.69) is 4.99 Å². The van der Waals surface area contributed by atoms with Crippen LogP contribution in [0.15, 0.2) is 4.99 Å². The van der Waals surface area contributed by atoms with Crippen LogP contribution in [0.4, 0.5) is 0 Å². The topological polar surface area (TPSA) is 75.7 Å². The largest absolute Gasteiger partial charge is 0.480 e. The number of nitrogens with zero attached hydrogens (tertiary/aromatic N) is 1. The Kier molecular flexibility index (Phi) is 1.61. The first-order chi connectivity index (χ1) is 4.20. The lowest BCUT2D eigenvalue weighted by Crippen LogP contribution is -2.17. The van der Waals surface area contributed by atoms with Crippen molar-refractivity contribution in [2.24, 2.45) is 10.7 Å². The lowest BCUT2D eigenvalue weighted by molar-refractivity contribution is -0.136. The molecule has 1 atom stereocenters. The third kappa shape index (κ3) is 1.35. The molecule has 1 aliphatic rings. The average Bonchev–Trinajstić information content (AvgIpc) is 2.14. The summed E-state index contributed by atoms with van der Waals surface area (Å²) in [7, 11) is 0. The van der Waals surface area contributed by atoms with Gasteiger partial charge in [-0.25, -0.2) is 0 Å². The number of hydrogen-bond donors (Lipinski definition) is 2. The number of carboxylic acid groups (broad SMARTS) is 1. The van der Waals surface area contributed by atoms with Crippen molar-refractivity contribution in [1.82, 2.24) is 0 Å². The molecule has 4 nitrogen and oxygen atoms in total. The lowest BCUT2D eigenvalue weighted by atomic mass is 10.4. The summed E-state index contributed by atoms with van der Waals surface area (Å²) in [5.74, 6) is -0.843. The molecular weight excluding hydrogens is 140 g/mol. The molecule has 0 bridgehead atoms. The van der Waals surface area contributed by atoms with Gasteiger partial charge in [-0.3, -0.25) is 9.79 Å². The van der Waals surface area contributed by atoms with Crippen LogP contribution in [0.5, 0.6) is 0 Å². The molecule has 3 N–H and O–H groups in total. The van der Waals surface area contributed by atoms with Gasteiger partial charge in [0.05, 0.1) is 6.54 Å². The first-order valence-corrected chi connectivity index (χ1v) is 3.27. The first-order valence-electron chi connectivity index (χ1n) is 2.39. The number of rotatable bonds is 1. The van der Waals surface area contributed by atoms with E-state index in [1.807, 2.05) is 0 Å². The number of aliphatic imine (C=N–C) groups is 1. The van der Waals surface area contributed by atoms with Crippen LogP contribution in [-0.4, -0.2) is 28.0 Å². The van der Waals surface area contributed by atoms with E-state index in [0.29, 0.717) is 11.7 Å². The maximum absolute atomic E-state index is 10.2. The maximum atomic E-state index is 10.2. The highest BCUT2D eigenvalue weighted by Gasteiger charge is 2.23. The van der Waals surface area contributed by atoms with Crippen molar-refractivity contribution in [3.05, 3.63) is 0 Å². The molecule has 0 aromatic heterocycles. The molecule has 0 saturated carbocycles. The number of carbonyl (C=O) groups is 1. The van der Waals surface area contributed by atoms with E-state index in [1.54, 1.807) is 0 Å². The zero-order chi connectivity index (χ0) is 6.85. The van der Waals surface area contributed by atoms with Gasteiger partial charge in [-0.2, -0.15) is 0 Å². The van der Waals surface area contributed by atoms with Crippen molar-refractivity contribution in [1.29, 1.82) is 0 Å². The second-order valence-corrected chi connectivity index (χ2v) is 2.85. The molecule has 5 heteroatoms. The number of aliphatic carboxylic acids is 1. The Hall–Kier alpha value is -0.710. The van der Waals surface area contributed by atoms with Gasteiger partial charge in [-0.1, -0.05) is 11.8 Å². The summed E-state index contributed by atoms with van der Waals surface area (Å²) in [4.78, 5) is 13.9. The standard InChI is InChI=1S/C4H6N2O2S/c5-4-6-1-2(9-4)3(7)8/h2H,1H2,(H2,5,6)(H,7,8)/t2-/m1/s1. The van der Waals surface area contributed by atoms with E-state index in [1.165, 1.54) is 0 Å². The van der Waals surface area contributed by atoms with E-state index in [-0.39, 0.29) is 0 Å². The van der Waals surface area contributed by atoms with Gasteiger partial charge in [0.2, 0.25) is 0 Å². The van der Waals surface area contributed by atoms with Crippen molar-refractivity contribution >= 4 is 22.9 Å². The van der Waals surface area contributed by atoms with E-state index in [4.69, 9.17) is 10.8 Å². The summed E-state index contributed by atoms with van der Waals surface area (Å²) in [5, 5.41) is 8.30. The molecule has 1 aliphatic heterocycles. The van der Waals surface area contributed by atoms with Gasteiger partial charge in [0.25, 0.3) is 0 Å². The minimum atomic E-state index is -0.843. The molecule has 1 heterocycles. The molecule has 1 rings (SSSR count). The SMILES string of the molecule is NC1=NC[C@H](C(=O)O)S1. The molecule has 0 radical (unpaired) electrons. The smallest absolute Gasteiger partial charge is 0.319 e. The van der Waals surface area contributed by atoms with Gasteiger partial charge >= 0.3 is 5.97 Å². The van der Waals surface area contributed by atoms with Crippen LogP contribution in [0, 0.1) is 0 Å². The number of nitrogens with two attached hydrogens (primary N) is 1. The van der Waals surface area contributed by atoms with Gasteiger partial charge in [0.1, 0.15) is 5.25 Å². The Morgan fingerprint density at radius 3 is 2.89 bits per heavy atom. The van der Waals surface area contributed by atoms with Crippen LogP contribution < -0.4 is 5.73 Å². The summed E-state index contributed by atoms with van der Waals surface area (Å²) in [6.45, 7) is 0.311. The summed E-state index contributed by atoms with van der Waals surface area (Å²) >= 11 is 1.10. The van der Waals surface area contributed by atoms with Crippen LogP contribution in [0.1, 0.15) is 0 Å². The molecule has 0 unspecified atom stereocenters. The van der Waals surface area contributed by atoms with Crippen molar-refractivity contribution in [3.8, 4) is 0 Å². The molecular formula is C4H6N2O2S. The highest BCUT2D eigenvalue weighted by Crippen LogP contribution is 2.17. The highest BCUT2D eigenvalue weighted by atomic mass is 32.2. The normalized spacial score (nSPS) is 25.8. The Morgan fingerprint density at radius 2 is 2.67 bits per heavy atom. The minimum absolute atomic E-state index is 0.311. The van der Waals surface area contributed by atoms with Gasteiger partial charge in [-0.05, 0) is 0 Å². The predicted molar refractivity (Wildman–Crippen MR) is 35.5 cm³/mol. The maximum Gasteiger partial charge on any atom is 0.319 e.